The molecule has 0 unspecified atom stereocenters. The SMILES string of the molecule is O=C1CC(O)(O)CCO1. The molecule has 0 bridgehead atoms. The van der Waals surface area contributed by atoms with Crippen LogP contribution >= 0.6 is 0 Å². The van der Waals surface area contributed by atoms with Gasteiger partial charge in [0.15, 0.2) is 5.79 Å². The van der Waals surface area contributed by atoms with Gasteiger partial charge in [-0.2, -0.15) is 0 Å². The third kappa shape index (κ3) is 1.65. The summed E-state index contributed by atoms with van der Waals surface area (Å²) in [6.45, 7) is 0.103. The van der Waals surface area contributed by atoms with E-state index < -0.39 is 11.8 Å². The molecular formula is C5H8O4. The van der Waals surface area contributed by atoms with Crippen molar-refractivity contribution in [3.05, 3.63) is 0 Å². The minimum atomic E-state index is -1.82. The lowest BCUT2D eigenvalue weighted by Crippen LogP contribution is -2.38. The molecule has 1 rings (SSSR count). The maximum absolute atomic E-state index is 10.3. The lowest BCUT2D eigenvalue weighted by Gasteiger charge is -2.24. The lowest BCUT2D eigenvalue weighted by atomic mass is 10.1. The third-order valence-electron chi connectivity index (χ3n) is 1.19. The Hall–Kier alpha value is -0.610. The Morgan fingerprint density at radius 2 is 2.22 bits per heavy atom. The van der Waals surface area contributed by atoms with E-state index in [0.29, 0.717) is 0 Å². The maximum atomic E-state index is 10.3. The van der Waals surface area contributed by atoms with Gasteiger partial charge in [0.25, 0.3) is 0 Å². The van der Waals surface area contributed by atoms with Crippen LogP contribution in [0.25, 0.3) is 0 Å². The maximum Gasteiger partial charge on any atom is 0.311 e. The zero-order valence-corrected chi connectivity index (χ0v) is 4.83. The number of esters is 1. The molecule has 0 amide bonds. The molecular weight excluding hydrogens is 124 g/mol. The minimum absolute atomic E-state index is 0.103. The van der Waals surface area contributed by atoms with E-state index >= 15 is 0 Å². The molecule has 4 heteroatoms. The molecule has 1 aliphatic heterocycles. The van der Waals surface area contributed by atoms with E-state index in [1.54, 1.807) is 0 Å². The number of aliphatic hydroxyl groups is 2. The molecule has 1 saturated heterocycles. The van der Waals surface area contributed by atoms with Crippen molar-refractivity contribution in [2.24, 2.45) is 0 Å². The zero-order valence-electron chi connectivity index (χ0n) is 4.83. The van der Waals surface area contributed by atoms with E-state index in [-0.39, 0.29) is 19.4 Å². The molecule has 52 valence electrons. The minimum Gasteiger partial charge on any atom is -0.465 e. The fourth-order valence-corrected chi connectivity index (χ4v) is 0.699. The number of ether oxygens (including phenoxy) is 1. The highest BCUT2D eigenvalue weighted by Crippen LogP contribution is 2.16. The molecule has 0 aromatic carbocycles. The van der Waals surface area contributed by atoms with Crippen LogP contribution in [0, 0.1) is 0 Å². The van der Waals surface area contributed by atoms with Crippen LogP contribution in [0.4, 0.5) is 0 Å². The largest absolute Gasteiger partial charge is 0.465 e. The van der Waals surface area contributed by atoms with E-state index in [9.17, 15) is 4.79 Å². The van der Waals surface area contributed by atoms with Crippen LogP contribution in [0.3, 0.4) is 0 Å². The molecule has 0 radical (unpaired) electrons. The zero-order chi connectivity index (χ0) is 6.91. The van der Waals surface area contributed by atoms with Crippen LogP contribution in [-0.2, 0) is 9.53 Å². The van der Waals surface area contributed by atoms with Gasteiger partial charge in [0.1, 0.15) is 0 Å². The van der Waals surface area contributed by atoms with Crippen LogP contribution in [0.5, 0.6) is 0 Å². The standard InChI is InChI=1S/C5H8O4/c6-4-3-5(7,8)1-2-9-4/h7-8H,1-3H2. The van der Waals surface area contributed by atoms with Gasteiger partial charge in [-0.3, -0.25) is 4.79 Å². The second-order valence-corrected chi connectivity index (χ2v) is 2.13. The van der Waals surface area contributed by atoms with E-state index in [1.165, 1.54) is 0 Å². The Bertz CT molecular complexity index is 129. The summed E-state index contributed by atoms with van der Waals surface area (Å²) in [4.78, 5) is 10.3. The number of cyclic esters (lactones) is 1. The smallest absolute Gasteiger partial charge is 0.311 e. The second kappa shape index (κ2) is 1.97. The number of hydrogen-bond acceptors (Lipinski definition) is 4. The van der Waals surface area contributed by atoms with Crippen LogP contribution in [0.2, 0.25) is 0 Å². The highest BCUT2D eigenvalue weighted by Gasteiger charge is 2.31. The van der Waals surface area contributed by atoms with Crippen molar-refractivity contribution in [1.29, 1.82) is 0 Å². The highest BCUT2D eigenvalue weighted by atomic mass is 16.6. The molecule has 0 atom stereocenters. The Morgan fingerprint density at radius 1 is 1.56 bits per heavy atom. The molecule has 1 aliphatic rings. The molecule has 1 fully saturated rings. The molecule has 0 aromatic heterocycles. The molecule has 9 heavy (non-hydrogen) atoms. The molecule has 0 saturated carbocycles. The summed E-state index contributed by atoms with van der Waals surface area (Å²) in [6, 6.07) is 0. The number of carbonyl (C=O) groups excluding carboxylic acids is 1. The Balaban J connectivity index is 2.51. The number of carbonyl (C=O) groups is 1. The van der Waals surface area contributed by atoms with Gasteiger partial charge in [0.05, 0.1) is 13.0 Å². The summed E-state index contributed by atoms with van der Waals surface area (Å²) in [5, 5.41) is 17.6. The van der Waals surface area contributed by atoms with Crippen molar-refractivity contribution < 1.29 is 19.7 Å². The Morgan fingerprint density at radius 3 is 2.56 bits per heavy atom. The van der Waals surface area contributed by atoms with Gasteiger partial charge in [0.2, 0.25) is 0 Å². The van der Waals surface area contributed by atoms with Gasteiger partial charge in [-0.15, -0.1) is 0 Å². The predicted molar refractivity (Wildman–Crippen MR) is 27.4 cm³/mol. The third-order valence-corrected chi connectivity index (χ3v) is 1.19. The highest BCUT2D eigenvalue weighted by molar-refractivity contribution is 5.71. The molecule has 0 aliphatic carbocycles. The summed E-state index contributed by atoms with van der Waals surface area (Å²) in [5.41, 5.74) is 0. The summed E-state index contributed by atoms with van der Waals surface area (Å²) in [5.74, 6) is -2.37. The summed E-state index contributed by atoms with van der Waals surface area (Å²) in [7, 11) is 0. The normalized spacial score (nSPS) is 25.3. The first kappa shape index (κ1) is 6.51. The van der Waals surface area contributed by atoms with Gasteiger partial charge in [-0.05, 0) is 0 Å². The van der Waals surface area contributed by atoms with Gasteiger partial charge in [-0.25, -0.2) is 0 Å². The van der Waals surface area contributed by atoms with Crippen molar-refractivity contribution in [2.45, 2.75) is 18.6 Å². The van der Waals surface area contributed by atoms with Gasteiger partial charge in [0, 0.05) is 6.42 Å². The summed E-state index contributed by atoms with van der Waals surface area (Å²) >= 11 is 0. The number of rotatable bonds is 0. The molecule has 4 nitrogen and oxygen atoms in total. The van der Waals surface area contributed by atoms with Gasteiger partial charge < -0.3 is 14.9 Å². The van der Waals surface area contributed by atoms with Crippen molar-refractivity contribution in [3.63, 3.8) is 0 Å². The van der Waals surface area contributed by atoms with E-state index in [0.717, 1.165) is 0 Å². The molecule has 0 spiro atoms. The molecule has 0 aromatic rings. The van der Waals surface area contributed by atoms with E-state index in [2.05, 4.69) is 4.74 Å². The first-order chi connectivity index (χ1) is 4.10. The lowest BCUT2D eigenvalue weighted by molar-refractivity contribution is -0.209. The fourth-order valence-electron chi connectivity index (χ4n) is 0.699. The first-order valence-electron chi connectivity index (χ1n) is 2.70. The summed E-state index contributed by atoms with van der Waals surface area (Å²) < 4.78 is 4.45. The van der Waals surface area contributed by atoms with Crippen LogP contribution in [0.15, 0.2) is 0 Å². The van der Waals surface area contributed by atoms with Crippen molar-refractivity contribution in [1.82, 2.24) is 0 Å². The van der Waals surface area contributed by atoms with Gasteiger partial charge in [-0.1, -0.05) is 0 Å². The van der Waals surface area contributed by atoms with Crippen LogP contribution in [-0.4, -0.2) is 28.6 Å². The topological polar surface area (TPSA) is 66.8 Å². The monoisotopic (exact) mass is 132 g/mol. The quantitative estimate of drug-likeness (QED) is 0.328. The second-order valence-electron chi connectivity index (χ2n) is 2.13. The average molecular weight is 132 g/mol. The van der Waals surface area contributed by atoms with Crippen LogP contribution in [0.1, 0.15) is 12.8 Å². The average Bonchev–Trinajstić information content (AvgIpc) is 1.60. The van der Waals surface area contributed by atoms with Gasteiger partial charge >= 0.3 is 5.97 Å². The van der Waals surface area contributed by atoms with Crippen LogP contribution < -0.4 is 0 Å². The van der Waals surface area contributed by atoms with Crippen molar-refractivity contribution in [3.8, 4) is 0 Å². The Kier molecular flexibility index (Phi) is 1.42. The molecule has 1 heterocycles. The number of hydrogen-bond donors (Lipinski definition) is 2. The van der Waals surface area contributed by atoms with E-state index in [1.807, 2.05) is 0 Å². The van der Waals surface area contributed by atoms with Crippen molar-refractivity contribution >= 4 is 5.97 Å². The Labute approximate surface area is 52.1 Å². The fraction of sp³-hybridized carbons (Fsp3) is 0.800. The first-order valence-corrected chi connectivity index (χ1v) is 2.70. The summed E-state index contributed by atoms with van der Waals surface area (Å²) in [6.07, 6.45) is -0.203. The van der Waals surface area contributed by atoms with E-state index in [4.69, 9.17) is 10.2 Å². The predicted octanol–water partition coefficient (Wildman–Crippen LogP) is -0.996. The van der Waals surface area contributed by atoms with Crippen molar-refractivity contribution in [2.75, 3.05) is 6.61 Å². The molecule has 2 N–H and O–H groups in total.